The smallest absolute Gasteiger partial charge is 0.335 e. The summed E-state index contributed by atoms with van der Waals surface area (Å²) >= 11 is 0. The predicted octanol–water partition coefficient (Wildman–Crippen LogP) is 5.04. The van der Waals surface area contributed by atoms with Crippen LogP contribution in [0.15, 0.2) is 42.5 Å². The zero-order valence-electron chi connectivity index (χ0n) is 17.5. The van der Waals surface area contributed by atoms with Gasteiger partial charge in [-0.3, -0.25) is 4.79 Å². The van der Waals surface area contributed by atoms with Crippen molar-refractivity contribution >= 4 is 22.7 Å². The summed E-state index contributed by atoms with van der Waals surface area (Å²) < 4.78 is 7.36. The van der Waals surface area contributed by atoms with Crippen LogP contribution in [-0.2, 0) is 12.0 Å². The highest BCUT2D eigenvalue weighted by atomic mass is 16.5. The molecule has 2 aliphatic rings. The molecule has 2 aromatic carbocycles. The van der Waals surface area contributed by atoms with Gasteiger partial charge in [0.2, 0.25) is 0 Å². The number of carbonyl (C=O) groups is 2. The Kier molecular flexibility index (Phi) is 3.91. The second kappa shape index (κ2) is 6.21. The third-order valence-corrected chi connectivity index (χ3v) is 6.80. The maximum Gasteiger partial charge on any atom is 0.335 e. The lowest BCUT2D eigenvalue weighted by Gasteiger charge is -2.35. The molecule has 0 unspecified atom stereocenters. The maximum atomic E-state index is 13.6. The van der Waals surface area contributed by atoms with Crippen molar-refractivity contribution in [1.29, 1.82) is 0 Å². The van der Waals surface area contributed by atoms with Crippen molar-refractivity contribution in [3.05, 3.63) is 64.8 Å². The van der Waals surface area contributed by atoms with Crippen molar-refractivity contribution in [2.45, 2.75) is 45.1 Å². The Bertz CT molecular complexity index is 1200. The van der Waals surface area contributed by atoms with Crippen LogP contribution in [0.1, 0.15) is 65.1 Å². The van der Waals surface area contributed by atoms with E-state index in [-0.39, 0.29) is 16.8 Å². The molecule has 1 heterocycles. The van der Waals surface area contributed by atoms with Crippen LogP contribution in [0.5, 0.6) is 5.75 Å². The van der Waals surface area contributed by atoms with Gasteiger partial charge in [0.25, 0.3) is 0 Å². The van der Waals surface area contributed by atoms with Gasteiger partial charge < -0.3 is 14.4 Å². The van der Waals surface area contributed by atoms with E-state index in [1.54, 1.807) is 19.2 Å². The number of rotatable bonds is 4. The summed E-state index contributed by atoms with van der Waals surface area (Å²) in [7, 11) is 1.64. The maximum absolute atomic E-state index is 13.6. The molecule has 0 radical (unpaired) electrons. The molecule has 5 heteroatoms. The van der Waals surface area contributed by atoms with Gasteiger partial charge in [0.15, 0.2) is 5.78 Å². The molecule has 154 valence electrons. The number of hydrogen-bond donors (Lipinski definition) is 1. The second-order valence-electron chi connectivity index (χ2n) is 9.37. The van der Waals surface area contributed by atoms with E-state index in [9.17, 15) is 14.7 Å². The molecule has 1 fully saturated rings. The number of fused-ring (bicyclic) bond motifs is 4. The van der Waals surface area contributed by atoms with E-state index < -0.39 is 11.4 Å². The molecule has 1 aromatic heterocycles. The van der Waals surface area contributed by atoms with Crippen LogP contribution in [0.3, 0.4) is 0 Å². The molecule has 0 atom stereocenters. The summed E-state index contributed by atoms with van der Waals surface area (Å²) in [5.41, 5.74) is 3.66. The SMILES string of the molecule is COc1ccc(Cn2c3c(c4cc(C(=O)O)ccc42)C2(CC2)CC(C)(C)C3=O)cc1. The Morgan fingerprint density at radius 3 is 2.43 bits per heavy atom. The van der Waals surface area contributed by atoms with Gasteiger partial charge in [-0.15, -0.1) is 0 Å². The number of aromatic nitrogens is 1. The Balaban J connectivity index is 1.76. The first-order valence-corrected chi connectivity index (χ1v) is 10.3. The minimum atomic E-state index is -0.944. The summed E-state index contributed by atoms with van der Waals surface area (Å²) in [5, 5.41) is 10.5. The number of benzene rings is 2. The average molecular weight is 403 g/mol. The third-order valence-electron chi connectivity index (χ3n) is 6.80. The van der Waals surface area contributed by atoms with Crippen molar-refractivity contribution in [3.8, 4) is 5.75 Å². The zero-order chi connectivity index (χ0) is 21.3. The summed E-state index contributed by atoms with van der Waals surface area (Å²) in [6, 6.07) is 13.1. The summed E-state index contributed by atoms with van der Waals surface area (Å²) in [5.74, 6) is -0.00383. The molecule has 1 saturated carbocycles. The zero-order valence-corrected chi connectivity index (χ0v) is 17.5. The van der Waals surface area contributed by atoms with Gasteiger partial charge in [0.05, 0.1) is 18.4 Å². The first-order chi connectivity index (χ1) is 14.3. The van der Waals surface area contributed by atoms with Gasteiger partial charge in [-0.2, -0.15) is 0 Å². The standard InChI is InChI=1S/C25H25NO4/c1-24(2)14-25(10-11-25)20-18-12-16(23(28)29)6-9-19(18)26(21(20)22(24)27)13-15-4-7-17(30-3)8-5-15/h4-9,12H,10-11,13-14H2,1-3H3,(H,28,29). The van der Waals surface area contributed by atoms with Gasteiger partial charge in [0.1, 0.15) is 5.75 Å². The predicted molar refractivity (Wildman–Crippen MR) is 115 cm³/mol. The number of carboxylic acid groups (broad SMARTS) is 1. The molecule has 5 rings (SSSR count). The van der Waals surface area contributed by atoms with Crippen molar-refractivity contribution in [2.75, 3.05) is 7.11 Å². The first kappa shape index (κ1) is 18.9. The molecule has 3 aromatic rings. The Labute approximate surface area is 175 Å². The van der Waals surface area contributed by atoms with Crippen molar-refractivity contribution in [3.63, 3.8) is 0 Å². The van der Waals surface area contributed by atoms with Crippen molar-refractivity contribution in [1.82, 2.24) is 4.57 Å². The topological polar surface area (TPSA) is 68.5 Å². The number of methoxy groups -OCH3 is 1. The molecular weight excluding hydrogens is 378 g/mol. The Morgan fingerprint density at radius 2 is 1.83 bits per heavy atom. The third kappa shape index (κ3) is 2.68. The molecule has 0 saturated heterocycles. The minimum Gasteiger partial charge on any atom is -0.497 e. The van der Waals surface area contributed by atoms with E-state index in [1.807, 2.05) is 44.2 Å². The monoisotopic (exact) mass is 403 g/mol. The van der Waals surface area contributed by atoms with E-state index in [1.165, 1.54) is 0 Å². The summed E-state index contributed by atoms with van der Waals surface area (Å²) in [6.07, 6.45) is 2.93. The second-order valence-corrected chi connectivity index (χ2v) is 9.37. The number of carbonyl (C=O) groups excluding carboxylic acids is 1. The number of nitrogens with zero attached hydrogens (tertiary/aromatic N) is 1. The van der Waals surface area contributed by atoms with Crippen LogP contribution in [0.4, 0.5) is 0 Å². The minimum absolute atomic E-state index is 0.00667. The lowest BCUT2D eigenvalue weighted by Crippen LogP contribution is -2.37. The van der Waals surface area contributed by atoms with Crippen LogP contribution in [0.25, 0.3) is 10.9 Å². The van der Waals surface area contributed by atoms with E-state index in [0.29, 0.717) is 6.54 Å². The highest BCUT2D eigenvalue weighted by Crippen LogP contribution is 2.61. The number of ether oxygens (including phenoxy) is 1. The Hall–Kier alpha value is -3.08. The van der Waals surface area contributed by atoms with Crippen LogP contribution in [-0.4, -0.2) is 28.5 Å². The number of ketones is 1. The van der Waals surface area contributed by atoms with Crippen LogP contribution in [0, 0.1) is 5.41 Å². The van der Waals surface area contributed by atoms with E-state index in [0.717, 1.165) is 52.7 Å². The fourth-order valence-electron chi connectivity index (χ4n) is 5.25. The molecule has 1 N–H and O–H groups in total. The van der Waals surface area contributed by atoms with Crippen molar-refractivity contribution in [2.24, 2.45) is 5.41 Å². The number of hydrogen-bond acceptors (Lipinski definition) is 3. The fourth-order valence-corrected chi connectivity index (χ4v) is 5.25. The molecular formula is C25H25NO4. The Morgan fingerprint density at radius 1 is 1.13 bits per heavy atom. The summed E-state index contributed by atoms with van der Waals surface area (Å²) in [6.45, 7) is 4.63. The van der Waals surface area contributed by atoms with Gasteiger partial charge in [-0.1, -0.05) is 26.0 Å². The van der Waals surface area contributed by atoms with Gasteiger partial charge in [0, 0.05) is 22.9 Å². The van der Waals surface area contributed by atoms with Crippen LogP contribution < -0.4 is 4.74 Å². The average Bonchev–Trinajstić information content (AvgIpc) is 3.40. The van der Waals surface area contributed by atoms with Gasteiger partial charge >= 0.3 is 5.97 Å². The van der Waals surface area contributed by atoms with E-state index in [4.69, 9.17) is 4.74 Å². The quantitative estimate of drug-likeness (QED) is 0.663. The van der Waals surface area contributed by atoms with Crippen LogP contribution in [0.2, 0.25) is 0 Å². The first-order valence-electron chi connectivity index (χ1n) is 10.3. The largest absolute Gasteiger partial charge is 0.497 e. The van der Waals surface area contributed by atoms with E-state index >= 15 is 0 Å². The lowest BCUT2D eigenvalue weighted by atomic mass is 9.68. The molecule has 2 aliphatic carbocycles. The molecule has 0 bridgehead atoms. The summed E-state index contributed by atoms with van der Waals surface area (Å²) in [4.78, 5) is 25.2. The van der Waals surface area contributed by atoms with Gasteiger partial charge in [-0.05, 0) is 66.1 Å². The van der Waals surface area contributed by atoms with Crippen molar-refractivity contribution < 1.29 is 19.4 Å². The number of carboxylic acids is 1. The molecule has 5 nitrogen and oxygen atoms in total. The number of Topliss-reactive ketones (excluding diaryl/α,β-unsaturated/α-hetero) is 1. The number of aromatic carboxylic acids is 1. The highest BCUT2D eigenvalue weighted by molar-refractivity contribution is 6.09. The molecule has 30 heavy (non-hydrogen) atoms. The lowest BCUT2D eigenvalue weighted by molar-refractivity contribution is 0.0696. The van der Waals surface area contributed by atoms with Gasteiger partial charge in [-0.25, -0.2) is 4.79 Å². The van der Waals surface area contributed by atoms with Crippen LogP contribution >= 0.6 is 0 Å². The highest BCUT2D eigenvalue weighted by Gasteiger charge is 2.57. The van der Waals surface area contributed by atoms with E-state index in [2.05, 4.69) is 4.57 Å². The normalized spacial score (nSPS) is 18.4. The molecule has 0 amide bonds. The fraction of sp³-hybridized carbons (Fsp3) is 0.360. The molecule has 1 spiro atoms. The molecule has 0 aliphatic heterocycles.